The van der Waals surface area contributed by atoms with Crippen molar-refractivity contribution in [2.45, 2.75) is 11.1 Å². The molecule has 1 fully saturated rings. The number of hydrogen-bond acceptors (Lipinski definition) is 7. The van der Waals surface area contributed by atoms with Crippen LogP contribution in [0, 0.1) is 0 Å². The van der Waals surface area contributed by atoms with E-state index in [0.29, 0.717) is 6.61 Å². The summed E-state index contributed by atoms with van der Waals surface area (Å²) in [5.74, 6) is -0.241. The number of nitrogens with zero attached hydrogens (tertiary/aromatic N) is 2. The van der Waals surface area contributed by atoms with Crippen LogP contribution in [-0.2, 0) is 14.3 Å². The molecule has 0 aromatic carbocycles. The zero-order valence-corrected chi connectivity index (χ0v) is 14.3. The largest absolute Gasteiger partial charge is 0.459 e. The Morgan fingerprint density at radius 1 is 1.36 bits per heavy atom. The second-order valence-electron chi connectivity index (χ2n) is 5.23. The van der Waals surface area contributed by atoms with Gasteiger partial charge in [-0.05, 0) is 29.5 Å². The molecule has 1 aromatic rings. The zero-order valence-electron chi connectivity index (χ0n) is 12.6. The zero-order chi connectivity index (χ0) is 15.4. The van der Waals surface area contributed by atoms with E-state index in [4.69, 9.17) is 9.47 Å². The number of ether oxygens (including phenoxy) is 2. The maximum atomic E-state index is 11.1. The number of carbonyl (C=O) groups excluding carboxylic acids is 1. The van der Waals surface area contributed by atoms with Gasteiger partial charge in [0.05, 0.1) is 23.1 Å². The maximum Gasteiger partial charge on any atom is 0.303 e. The lowest BCUT2D eigenvalue weighted by molar-refractivity contribution is -0.140. The summed E-state index contributed by atoms with van der Waals surface area (Å²) in [5, 5.41) is 2.10. The minimum Gasteiger partial charge on any atom is -0.459 e. The molecule has 3 rings (SSSR count). The molecule has 0 bridgehead atoms. The van der Waals surface area contributed by atoms with Crippen molar-refractivity contribution in [2.24, 2.45) is 0 Å². The fourth-order valence-corrected chi connectivity index (χ4v) is 4.47. The van der Waals surface area contributed by atoms with Crippen LogP contribution in [0.5, 0.6) is 0 Å². The lowest BCUT2D eigenvalue weighted by Crippen LogP contribution is -2.40. The standard InChI is InChI=1S/C15H20N2O3S2/c1-12(18)20-11-14-10-13-2-9-21-15(13)22-17(14)4-3-16-5-7-19-8-6-16/h2,9-10H,3-8,11H2,1H3. The second-order valence-corrected chi connectivity index (χ2v) is 7.43. The van der Waals surface area contributed by atoms with E-state index < -0.39 is 0 Å². The van der Waals surface area contributed by atoms with Gasteiger partial charge in [0, 0.05) is 38.7 Å². The molecule has 5 nitrogen and oxygen atoms in total. The summed E-state index contributed by atoms with van der Waals surface area (Å²) in [6.07, 6.45) is 2.13. The third-order valence-corrected chi connectivity index (χ3v) is 5.91. The number of fused-ring (bicyclic) bond motifs is 1. The first kappa shape index (κ1) is 15.9. The average molecular weight is 340 g/mol. The smallest absolute Gasteiger partial charge is 0.303 e. The monoisotopic (exact) mass is 340 g/mol. The van der Waals surface area contributed by atoms with Crippen molar-refractivity contribution in [1.82, 2.24) is 9.21 Å². The molecule has 7 heteroatoms. The van der Waals surface area contributed by atoms with Gasteiger partial charge in [0.15, 0.2) is 0 Å². The summed E-state index contributed by atoms with van der Waals surface area (Å²) < 4.78 is 14.1. The van der Waals surface area contributed by atoms with Gasteiger partial charge < -0.3 is 13.8 Å². The molecule has 0 unspecified atom stereocenters. The average Bonchev–Trinajstić information content (AvgIpc) is 2.98. The van der Waals surface area contributed by atoms with E-state index in [0.717, 1.165) is 45.1 Å². The SMILES string of the molecule is CC(=O)OCC1=Cc2ccsc2SN1CCN1CCOCC1. The Balaban J connectivity index is 1.63. The second kappa shape index (κ2) is 7.50. The third-order valence-electron chi connectivity index (χ3n) is 3.64. The van der Waals surface area contributed by atoms with Crippen LogP contribution in [0.4, 0.5) is 0 Å². The Morgan fingerprint density at radius 3 is 2.95 bits per heavy atom. The van der Waals surface area contributed by atoms with E-state index >= 15 is 0 Å². The van der Waals surface area contributed by atoms with E-state index in [1.54, 1.807) is 23.3 Å². The van der Waals surface area contributed by atoms with Crippen molar-refractivity contribution >= 4 is 35.3 Å². The molecule has 0 saturated carbocycles. The molecule has 0 N–H and O–H groups in total. The van der Waals surface area contributed by atoms with Gasteiger partial charge >= 0.3 is 5.97 Å². The summed E-state index contributed by atoms with van der Waals surface area (Å²) in [4.78, 5) is 13.5. The lowest BCUT2D eigenvalue weighted by Gasteiger charge is -2.32. The summed E-state index contributed by atoms with van der Waals surface area (Å²) in [6, 6.07) is 2.11. The normalized spacial score (nSPS) is 18.8. The number of carbonyl (C=O) groups is 1. The van der Waals surface area contributed by atoms with Crippen LogP contribution in [0.25, 0.3) is 6.08 Å². The van der Waals surface area contributed by atoms with Crippen LogP contribution in [0.15, 0.2) is 21.4 Å². The first-order valence-corrected chi connectivity index (χ1v) is 9.05. The van der Waals surface area contributed by atoms with Crippen LogP contribution in [0.3, 0.4) is 0 Å². The summed E-state index contributed by atoms with van der Waals surface area (Å²) in [6.45, 7) is 7.31. The molecular formula is C15H20N2O3S2. The lowest BCUT2D eigenvalue weighted by atomic mass is 10.2. The van der Waals surface area contributed by atoms with Crippen LogP contribution >= 0.6 is 23.3 Å². The number of morpholine rings is 1. The van der Waals surface area contributed by atoms with Crippen LogP contribution in [0.2, 0.25) is 0 Å². The summed E-state index contributed by atoms with van der Waals surface area (Å²) in [5.41, 5.74) is 2.28. The molecular weight excluding hydrogens is 320 g/mol. The Kier molecular flexibility index (Phi) is 5.41. The van der Waals surface area contributed by atoms with Gasteiger partial charge in [0.1, 0.15) is 6.61 Å². The number of esters is 1. The molecule has 0 spiro atoms. The topological polar surface area (TPSA) is 42.0 Å². The Labute approximate surface area is 139 Å². The van der Waals surface area contributed by atoms with Gasteiger partial charge in [-0.15, -0.1) is 11.3 Å². The van der Waals surface area contributed by atoms with E-state index in [9.17, 15) is 4.79 Å². The Morgan fingerprint density at radius 2 is 2.18 bits per heavy atom. The first-order valence-electron chi connectivity index (χ1n) is 7.39. The van der Waals surface area contributed by atoms with Gasteiger partial charge in [-0.2, -0.15) is 0 Å². The fraction of sp³-hybridized carbons (Fsp3) is 0.533. The Hall–Kier alpha value is -1.02. The van der Waals surface area contributed by atoms with E-state index in [1.807, 2.05) is 0 Å². The highest BCUT2D eigenvalue weighted by molar-refractivity contribution is 7.99. The van der Waals surface area contributed by atoms with Crippen molar-refractivity contribution in [2.75, 3.05) is 46.0 Å². The molecule has 22 heavy (non-hydrogen) atoms. The number of hydrogen-bond donors (Lipinski definition) is 0. The number of thiophene rings is 1. The highest BCUT2D eigenvalue weighted by Crippen LogP contribution is 2.39. The van der Waals surface area contributed by atoms with Crippen molar-refractivity contribution in [3.8, 4) is 0 Å². The molecule has 1 aromatic heterocycles. The van der Waals surface area contributed by atoms with Gasteiger partial charge in [-0.25, -0.2) is 0 Å². The van der Waals surface area contributed by atoms with Crippen LogP contribution in [-0.4, -0.2) is 61.2 Å². The van der Waals surface area contributed by atoms with Crippen LogP contribution in [0.1, 0.15) is 12.5 Å². The van der Waals surface area contributed by atoms with Crippen molar-refractivity contribution in [1.29, 1.82) is 0 Å². The first-order chi connectivity index (χ1) is 10.7. The van der Waals surface area contributed by atoms with Gasteiger partial charge in [0.25, 0.3) is 0 Å². The van der Waals surface area contributed by atoms with Gasteiger partial charge in [0.2, 0.25) is 0 Å². The van der Waals surface area contributed by atoms with E-state index in [2.05, 4.69) is 26.7 Å². The molecule has 0 amide bonds. The highest BCUT2D eigenvalue weighted by Gasteiger charge is 2.22. The molecule has 0 radical (unpaired) electrons. The molecule has 120 valence electrons. The predicted octanol–water partition coefficient (Wildman–Crippen LogP) is 2.31. The van der Waals surface area contributed by atoms with Crippen molar-refractivity contribution < 1.29 is 14.3 Å². The molecule has 1 saturated heterocycles. The molecule has 3 heterocycles. The van der Waals surface area contributed by atoms with E-state index in [-0.39, 0.29) is 5.97 Å². The highest BCUT2D eigenvalue weighted by atomic mass is 32.2. The molecule has 0 atom stereocenters. The maximum absolute atomic E-state index is 11.1. The summed E-state index contributed by atoms with van der Waals surface area (Å²) in [7, 11) is 0. The minimum absolute atomic E-state index is 0.241. The van der Waals surface area contributed by atoms with Crippen molar-refractivity contribution in [3.63, 3.8) is 0 Å². The minimum atomic E-state index is -0.241. The fourth-order valence-electron chi connectivity index (χ4n) is 2.43. The molecule has 0 aliphatic carbocycles. The molecule has 2 aliphatic heterocycles. The molecule has 2 aliphatic rings. The van der Waals surface area contributed by atoms with Gasteiger partial charge in [-0.3, -0.25) is 9.69 Å². The van der Waals surface area contributed by atoms with Crippen LogP contribution < -0.4 is 0 Å². The third kappa shape index (κ3) is 4.04. The number of rotatable bonds is 5. The predicted molar refractivity (Wildman–Crippen MR) is 88.8 cm³/mol. The van der Waals surface area contributed by atoms with E-state index in [1.165, 1.54) is 16.7 Å². The van der Waals surface area contributed by atoms with Crippen molar-refractivity contribution in [3.05, 3.63) is 22.7 Å². The summed E-state index contributed by atoms with van der Waals surface area (Å²) >= 11 is 3.50. The van der Waals surface area contributed by atoms with Gasteiger partial charge in [-0.1, -0.05) is 0 Å². The quantitative estimate of drug-likeness (QED) is 0.605. The Bertz CT molecular complexity index is 553.